The van der Waals surface area contributed by atoms with Gasteiger partial charge in [-0.25, -0.2) is 9.78 Å². The Balaban J connectivity index is 2.06. The van der Waals surface area contributed by atoms with E-state index in [4.69, 9.17) is 4.74 Å². The van der Waals surface area contributed by atoms with E-state index in [-0.39, 0.29) is 17.3 Å². The van der Waals surface area contributed by atoms with Gasteiger partial charge >= 0.3 is 5.97 Å². The second kappa shape index (κ2) is 8.23. The Hall–Kier alpha value is -3.65. The Bertz CT molecular complexity index is 1260. The van der Waals surface area contributed by atoms with Gasteiger partial charge < -0.3 is 19.3 Å². The molecule has 0 fully saturated rings. The molecule has 0 saturated carbocycles. The van der Waals surface area contributed by atoms with Crippen LogP contribution in [0.25, 0.3) is 32.6 Å². The Labute approximate surface area is 183 Å². The Morgan fingerprint density at radius 1 is 1.13 bits per heavy atom. The maximum absolute atomic E-state index is 12.7. The van der Waals surface area contributed by atoms with Gasteiger partial charge in [0.05, 0.1) is 23.0 Å². The number of likely N-dealkylation sites (N-methyl/N-ethyl adjacent to an activating group) is 1. The SMILES string of the molecule is COc1ccc(-c2c(-c3ccccc3)c3sc(C(=O)O)cc3n2CC(=O)N(C)C)cn1. The number of aromatic nitrogens is 2. The van der Waals surface area contributed by atoms with Crippen LogP contribution in [0, 0.1) is 0 Å². The molecule has 1 N–H and O–H groups in total. The largest absolute Gasteiger partial charge is 0.481 e. The second-order valence-corrected chi connectivity index (χ2v) is 8.24. The average Bonchev–Trinajstić information content (AvgIpc) is 3.32. The highest BCUT2D eigenvalue weighted by molar-refractivity contribution is 7.21. The van der Waals surface area contributed by atoms with Gasteiger partial charge in [0.2, 0.25) is 11.8 Å². The van der Waals surface area contributed by atoms with Crippen LogP contribution in [0.5, 0.6) is 5.88 Å². The number of hydrogen-bond acceptors (Lipinski definition) is 5. The van der Waals surface area contributed by atoms with Crippen molar-refractivity contribution < 1.29 is 19.4 Å². The van der Waals surface area contributed by atoms with Gasteiger partial charge in [-0.1, -0.05) is 30.3 Å². The Morgan fingerprint density at radius 3 is 2.45 bits per heavy atom. The predicted molar refractivity (Wildman–Crippen MR) is 121 cm³/mol. The third-order valence-corrected chi connectivity index (χ3v) is 6.15. The number of carbonyl (C=O) groups is 2. The van der Waals surface area contributed by atoms with Crippen molar-refractivity contribution in [2.75, 3.05) is 21.2 Å². The molecule has 8 heteroatoms. The van der Waals surface area contributed by atoms with Crippen LogP contribution in [0.3, 0.4) is 0 Å². The molecule has 4 aromatic rings. The summed E-state index contributed by atoms with van der Waals surface area (Å²) >= 11 is 1.21. The number of benzene rings is 1. The van der Waals surface area contributed by atoms with Crippen molar-refractivity contribution in [1.82, 2.24) is 14.5 Å². The number of carboxylic acid groups (broad SMARTS) is 1. The van der Waals surface area contributed by atoms with Crippen molar-refractivity contribution >= 4 is 33.4 Å². The molecule has 0 unspecified atom stereocenters. The summed E-state index contributed by atoms with van der Waals surface area (Å²) in [4.78, 5) is 30.5. The summed E-state index contributed by atoms with van der Waals surface area (Å²) in [6.07, 6.45) is 1.71. The minimum absolute atomic E-state index is 0.0769. The van der Waals surface area contributed by atoms with Crippen LogP contribution >= 0.6 is 11.3 Å². The van der Waals surface area contributed by atoms with E-state index in [0.717, 1.165) is 27.1 Å². The predicted octanol–water partition coefficient (Wildman–Crippen LogP) is 4.23. The maximum Gasteiger partial charge on any atom is 0.345 e. The van der Waals surface area contributed by atoms with Crippen LogP contribution in [0.1, 0.15) is 9.67 Å². The molecule has 0 bridgehead atoms. The van der Waals surface area contributed by atoms with E-state index in [1.54, 1.807) is 39.5 Å². The number of carbonyl (C=O) groups excluding carboxylic acids is 1. The number of methoxy groups -OCH3 is 1. The fourth-order valence-corrected chi connectivity index (χ4v) is 4.55. The van der Waals surface area contributed by atoms with E-state index in [9.17, 15) is 14.7 Å². The first kappa shape index (κ1) is 20.6. The topological polar surface area (TPSA) is 84.7 Å². The first-order valence-electron chi connectivity index (χ1n) is 9.56. The van der Waals surface area contributed by atoms with E-state index in [1.807, 2.05) is 41.0 Å². The zero-order valence-corrected chi connectivity index (χ0v) is 18.1. The van der Waals surface area contributed by atoms with Crippen LogP contribution in [0.2, 0.25) is 0 Å². The maximum atomic E-state index is 12.7. The lowest BCUT2D eigenvalue weighted by Gasteiger charge is -2.16. The van der Waals surface area contributed by atoms with Crippen LogP contribution in [-0.4, -0.2) is 52.6 Å². The molecule has 0 radical (unpaired) electrons. The highest BCUT2D eigenvalue weighted by Crippen LogP contribution is 2.44. The molecule has 1 aromatic carbocycles. The molecule has 1 amide bonds. The number of amides is 1. The molecule has 0 spiro atoms. The highest BCUT2D eigenvalue weighted by atomic mass is 32.1. The first-order chi connectivity index (χ1) is 14.9. The molecule has 0 aliphatic heterocycles. The minimum Gasteiger partial charge on any atom is -0.481 e. The van der Waals surface area contributed by atoms with Crippen molar-refractivity contribution in [3.63, 3.8) is 0 Å². The fourth-order valence-electron chi connectivity index (χ4n) is 3.48. The summed E-state index contributed by atoms with van der Waals surface area (Å²) in [7, 11) is 4.96. The summed E-state index contributed by atoms with van der Waals surface area (Å²) in [5.41, 5.74) is 4.16. The summed E-state index contributed by atoms with van der Waals surface area (Å²) in [6.45, 7) is 0.0769. The van der Waals surface area contributed by atoms with E-state index < -0.39 is 5.97 Å². The summed E-state index contributed by atoms with van der Waals surface area (Å²) < 4.78 is 7.89. The van der Waals surface area contributed by atoms with Crippen molar-refractivity contribution in [3.8, 4) is 28.3 Å². The number of thiophene rings is 1. The quantitative estimate of drug-likeness (QED) is 0.490. The van der Waals surface area contributed by atoms with Crippen molar-refractivity contribution in [2.45, 2.75) is 6.54 Å². The monoisotopic (exact) mass is 435 g/mol. The van der Waals surface area contributed by atoms with Gasteiger partial charge in [-0.2, -0.15) is 0 Å². The standard InChI is InChI=1S/C23H21N3O4S/c1-25(2)19(27)13-26-16-11-17(23(28)29)31-22(16)20(14-7-5-4-6-8-14)21(26)15-9-10-18(30-3)24-12-15/h4-12H,13H2,1-3H3,(H,28,29). The summed E-state index contributed by atoms with van der Waals surface area (Å²) in [5.74, 6) is -0.594. The Morgan fingerprint density at radius 2 is 1.87 bits per heavy atom. The van der Waals surface area contributed by atoms with Gasteiger partial charge in [-0.3, -0.25) is 4.79 Å². The minimum atomic E-state index is -0.988. The summed E-state index contributed by atoms with van der Waals surface area (Å²) in [5, 5.41) is 9.57. The number of aromatic carboxylic acids is 1. The first-order valence-corrected chi connectivity index (χ1v) is 10.4. The third kappa shape index (κ3) is 3.77. The lowest BCUT2D eigenvalue weighted by atomic mass is 10.0. The zero-order chi connectivity index (χ0) is 22.1. The molecule has 0 aliphatic carbocycles. The highest BCUT2D eigenvalue weighted by Gasteiger charge is 2.25. The number of carboxylic acids is 1. The molecule has 31 heavy (non-hydrogen) atoms. The lowest BCUT2D eigenvalue weighted by Crippen LogP contribution is -2.26. The molecule has 4 rings (SSSR count). The molecular formula is C23H21N3O4S. The molecule has 0 atom stereocenters. The Kier molecular flexibility index (Phi) is 5.48. The van der Waals surface area contributed by atoms with Crippen molar-refractivity contribution in [2.24, 2.45) is 0 Å². The normalized spacial score (nSPS) is 10.9. The molecular weight excluding hydrogens is 414 g/mol. The number of nitrogens with zero attached hydrogens (tertiary/aromatic N) is 3. The number of ether oxygens (including phenoxy) is 1. The number of rotatable bonds is 6. The van der Waals surface area contributed by atoms with Gasteiger partial charge in [-0.05, 0) is 17.7 Å². The number of hydrogen-bond donors (Lipinski definition) is 1. The van der Waals surface area contributed by atoms with Crippen molar-refractivity contribution in [1.29, 1.82) is 0 Å². The fraction of sp³-hybridized carbons (Fsp3) is 0.174. The van der Waals surface area contributed by atoms with Crippen LogP contribution in [-0.2, 0) is 11.3 Å². The average molecular weight is 436 g/mol. The zero-order valence-electron chi connectivity index (χ0n) is 17.3. The van der Waals surface area contributed by atoms with Gasteiger partial charge in [-0.15, -0.1) is 11.3 Å². The van der Waals surface area contributed by atoms with Crippen LogP contribution < -0.4 is 4.74 Å². The smallest absolute Gasteiger partial charge is 0.345 e. The molecule has 0 aliphatic rings. The van der Waals surface area contributed by atoms with Crippen molar-refractivity contribution in [3.05, 3.63) is 59.6 Å². The van der Waals surface area contributed by atoms with Gasteiger partial charge in [0.25, 0.3) is 0 Å². The lowest BCUT2D eigenvalue weighted by molar-refractivity contribution is -0.129. The molecule has 7 nitrogen and oxygen atoms in total. The molecule has 3 heterocycles. The number of fused-ring (bicyclic) bond motifs is 1. The van der Waals surface area contributed by atoms with Gasteiger partial charge in [0, 0.05) is 37.5 Å². The van der Waals surface area contributed by atoms with Gasteiger partial charge in [0.1, 0.15) is 11.4 Å². The van der Waals surface area contributed by atoms with E-state index in [1.165, 1.54) is 16.2 Å². The molecule has 3 aromatic heterocycles. The number of pyridine rings is 1. The van der Waals surface area contributed by atoms with Gasteiger partial charge in [0.15, 0.2) is 0 Å². The van der Waals surface area contributed by atoms with Crippen LogP contribution in [0.15, 0.2) is 54.7 Å². The molecule has 0 saturated heterocycles. The van der Waals surface area contributed by atoms with E-state index in [2.05, 4.69) is 4.98 Å². The second-order valence-electron chi connectivity index (χ2n) is 7.18. The van der Waals surface area contributed by atoms with E-state index in [0.29, 0.717) is 11.4 Å². The van der Waals surface area contributed by atoms with Crippen LogP contribution in [0.4, 0.5) is 0 Å². The molecule has 158 valence electrons. The third-order valence-electron chi connectivity index (χ3n) is 5.02. The summed E-state index contributed by atoms with van der Waals surface area (Å²) in [6, 6.07) is 15.1. The van der Waals surface area contributed by atoms with E-state index >= 15 is 0 Å².